The highest BCUT2D eigenvalue weighted by molar-refractivity contribution is 5.29. The minimum atomic E-state index is 0.288. The zero-order chi connectivity index (χ0) is 15.2. The monoisotopic (exact) mass is 287 g/mol. The van der Waals surface area contributed by atoms with Crippen LogP contribution in [0.1, 0.15) is 51.0 Å². The summed E-state index contributed by atoms with van der Waals surface area (Å²) in [5.74, 6) is 0.923. The van der Waals surface area contributed by atoms with Gasteiger partial charge in [0.1, 0.15) is 5.75 Å². The van der Waals surface area contributed by atoms with E-state index in [2.05, 4.69) is 47.8 Å². The Morgan fingerprint density at radius 3 is 2.52 bits per heavy atom. The minimum absolute atomic E-state index is 0.288. The molecule has 0 aliphatic rings. The number of hydrogen-bond donors (Lipinski definition) is 1. The SMILES string of the molecule is CCOc1ccc(C(C)NCc2cncn2C(C)C)cc1. The van der Waals surface area contributed by atoms with E-state index in [1.54, 1.807) is 0 Å². The first-order chi connectivity index (χ1) is 10.1. The molecule has 0 spiro atoms. The van der Waals surface area contributed by atoms with Crippen LogP contribution in [0.15, 0.2) is 36.8 Å². The number of nitrogens with one attached hydrogen (secondary N) is 1. The summed E-state index contributed by atoms with van der Waals surface area (Å²) in [6, 6.07) is 9.00. The number of nitrogens with zero attached hydrogens (tertiary/aromatic N) is 2. The van der Waals surface area contributed by atoms with Crippen LogP contribution in [0.3, 0.4) is 0 Å². The zero-order valence-electron chi connectivity index (χ0n) is 13.3. The van der Waals surface area contributed by atoms with Crippen molar-refractivity contribution in [3.63, 3.8) is 0 Å². The van der Waals surface area contributed by atoms with E-state index in [4.69, 9.17) is 4.74 Å². The number of hydrogen-bond acceptors (Lipinski definition) is 3. The Kier molecular flexibility index (Phi) is 5.39. The first-order valence-corrected chi connectivity index (χ1v) is 7.58. The van der Waals surface area contributed by atoms with Crippen molar-refractivity contribution in [2.75, 3.05) is 6.61 Å². The lowest BCUT2D eigenvalue weighted by Gasteiger charge is -2.17. The van der Waals surface area contributed by atoms with Gasteiger partial charge in [0.25, 0.3) is 0 Å². The van der Waals surface area contributed by atoms with Crippen LogP contribution in [-0.4, -0.2) is 16.2 Å². The van der Waals surface area contributed by atoms with Crippen molar-refractivity contribution in [3.05, 3.63) is 48.0 Å². The van der Waals surface area contributed by atoms with Gasteiger partial charge in [0.05, 0.1) is 18.6 Å². The molecular weight excluding hydrogens is 262 g/mol. The van der Waals surface area contributed by atoms with Crippen molar-refractivity contribution in [3.8, 4) is 5.75 Å². The summed E-state index contributed by atoms with van der Waals surface area (Å²) in [6.07, 6.45) is 3.82. The lowest BCUT2D eigenvalue weighted by molar-refractivity contribution is 0.340. The van der Waals surface area contributed by atoms with E-state index >= 15 is 0 Å². The van der Waals surface area contributed by atoms with Gasteiger partial charge in [-0.25, -0.2) is 4.98 Å². The van der Waals surface area contributed by atoms with Crippen molar-refractivity contribution in [2.24, 2.45) is 0 Å². The highest BCUT2D eigenvalue weighted by Gasteiger charge is 2.09. The van der Waals surface area contributed by atoms with Gasteiger partial charge in [0, 0.05) is 24.8 Å². The van der Waals surface area contributed by atoms with Crippen LogP contribution in [0.5, 0.6) is 5.75 Å². The van der Waals surface area contributed by atoms with Gasteiger partial charge in [-0.2, -0.15) is 0 Å². The first kappa shape index (κ1) is 15.6. The maximum Gasteiger partial charge on any atom is 0.119 e. The first-order valence-electron chi connectivity index (χ1n) is 7.58. The average Bonchev–Trinajstić information content (AvgIpc) is 2.94. The lowest BCUT2D eigenvalue weighted by Crippen LogP contribution is -2.20. The molecule has 0 amide bonds. The molecule has 1 atom stereocenters. The van der Waals surface area contributed by atoms with Gasteiger partial charge in [0.15, 0.2) is 0 Å². The molecular formula is C17H25N3O. The molecule has 0 aliphatic heterocycles. The normalized spacial score (nSPS) is 12.6. The van der Waals surface area contributed by atoms with E-state index in [1.807, 2.05) is 31.6 Å². The van der Waals surface area contributed by atoms with E-state index in [-0.39, 0.29) is 6.04 Å². The Morgan fingerprint density at radius 2 is 1.90 bits per heavy atom. The van der Waals surface area contributed by atoms with Crippen molar-refractivity contribution in [1.29, 1.82) is 0 Å². The molecule has 0 radical (unpaired) electrons. The fourth-order valence-corrected chi connectivity index (χ4v) is 2.33. The quantitative estimate of drug-likeness (QED) is 0.843. The molecule has 1 aromatic heterocycles. The van der Waals surface area contributed by atoms with Gasteiger partial charge in [-0.15, -0.1) is 0 Å². The molecule has 4 heteroatoms. The summed E-state index contributed by atoms with van der Waals surface area (Å²) in [5.41, 5.74) is 2.47. The minimum Gasteiger partial charge on any atom is -0.494 e. The molecule has 0 bridgehead atoms. The van der Waals surface area contributed by atoms with Gasteiger partial charge in [-0.05, 0) is 45.4 Å². The molecule has 114 valence electrons. The molecule has 4 nitrogen and oxygen atoms in total. The molecule has 1 N–H and O–H groups in total. The number of ether oxygens (including phenoxy) is 1. The van der Waals surface area contributed by atoms with Gasteiger partial charge in [0.2, 0.25) is 0 Å². The third-order valence-electron chi connectivity index (χ3n) is 3.58. The molecule has 0 saturated carbocycles. The second-order valence-electron chi connectivity index (χ2n) is 5.49. The maximum atomic E-state index is 5.47. The van der Waals surface area contributed by atoms with Gasteiger partial charge in [-0.3, -0.25) is 0 Å². The van der Waals surface area contributed by atoms with Crippen LogP contribution < -0.4 is 10.1 Å². The molecule has 21 heavy (non-hydrogen) atoms. The van der Waals surface area contributed by atoms with Gasteiger partial charge in [-0.1, -0.05) is 12.1 Å². The Morgan fingerprint density at radius 1 is 1.19 bits per heavy atom. The Bertz CT molecular complexity index is 545. The standard InChI is InChI=1S/C17H25N3O/c1-5-21-17-8-6-15(7-9-17)14(4)19-11-16-10-18-12-20(16)13(2)3/h6-10,12-14,19H,5,11H2,1-4H3. The fourth-order valence-electron chi connectivity index (χ4n) is 2.33. The highest BCUT2D eigenvalue weighted by Crippen LogP contribution is 2.18. The highest BCUT2D eigenvalue weighted by atomic mass is 16.5. The molecule has 0 fully saturated rings. The Labute approximate surface area is 127 Å². The van der Waals surface area contributed by atoms with Crippen LogP contribution in [0.25, 0.3) is 0 Å². The molecule has 1 aromatic carbocycles. The van der Waals surface area contributed by atoms with Crippen molar-refractivity contribution in [2.45, 2.75) is 46.3 Å². The van der Waals surface area contributed by atoms with Gasteiger partial charge < -0.3 is 14.6 Å². The van der Waals surface area contributed by atoms with Crippen LogP contribution >= 0.6 is 0 Å². The summed E-state index contributed by atoms with van der Waals surface area (Å²) < 4.78 is 7.66. The summed E-state index contributed by atoms with van der Waals surface area (Å²) in [4.78, 5) is 4.23. The van der Waals surface area contributed by atoms with Gasteiger partial charge >= 0.3 is 0 Å². The van der Waals surface area contributed by atoms with Crippen LogP contribution in [0, 0.1) is 0 Å². The molecule has 2 rings (SSSR count). The van der Waals surface area contributed by atoms with E-state index in [0.717, 1.165) is 12.3 Å². The van der Waals surface area contributed by atoms with Crippen molar-refractivity contribution in [1.82, 2.24) is 14.9 Å². The smallest absolute Gasteiger partial charge is 0.119 e. The van der Waals surface area contributed by atoms with E-state index < -0.39 is 0 Å². The summed E-state index contributed by atoms with van der Waals surface area (Å²) in [5, 5.41) is 3.55. The largest absolute Gasteiger partial charge is 0.494 e. The van der Waals surface area contributed by atoms with E-state index in [0.29, 0.717) is 12.6 Å². The average molecular weight is 287 g/mol. The predicted octanol–water partition coefficient (Wildman–Crippen LogP) is 3.71. The topological polar surface area (TPSA) is 39.1 Å². The molecule has 2 aromatic rings. The fraction of sp³-hybridized carbons (Fsp3) is 0.471. The molecule has 0 saturated heterocycles. The maximum absolute atomic E-state index is 5.47. The van der Waals surface area contributed by atoms with Crippen LogP contribution in [-0.2, 0) is 6.54 Å². The lowest BCUT2D eigenvalue weighted by atomic mass is 10.1. The Hall–Kier alpha value is -1.81. The number of benzene rings is 1. The molecule has 1 heterocycles. The second kappa shape index (κ2) is 7.27. The van der Waals surface area contributed by atoms with E-state index in [9.17, 15) is 0 Å². The zero-order valence-corrected chi connectivity index (χ0v) is 13.3. The van der Waals surface area contributed by atoms with Crippen LogP contribution in [0.2, 0.25) is 0 Å². The third-order valence-corrected chi connectivity index (χ3v) is 3.58. The Balaban J connectivity index is 1.94. The summed E-state index contributed by atoms with van der Waals surface area (Å²) >= 11 is 0. The summed E-state index contributed by atoms with van der Waals surface area (Å²) in [6.45, 7) is 10.0. The van der Waals surface area contributed by atoms with Crippen molar-refractivity contribution >= 4 is 0 Å². The van der Waals surface area contributed by atoms with Crippen molar-refractivity contribution < 1.29 is 4.74 Å². The van der Waals surface area contributed by atoms with E-state index in [1.165, 1.54) is 11.3 Å². The third kappa shape index (κ3) is 4.08. The summed E-state index contributed by atoms with van der Waals surface area (Å²) in [7, 11) is 0. The second-order valence-corrected chi connectivity index (χ2v) is 5.49. The predicted molar refractivity (Wildman–Crippen MR) is 85.5 cm³/mol. The number of aromatic nitrogens is 2. The molecule has 1 unspecified atom stereocenters. The number of rotatable bonds is 7. The number of imidazole rings is 1. The molecule has 0 aliphatic carbocycles. The van der Waals surface area contributed by atoms with Crippen LogP contribution in [0.4, 0.5) is 0 Å².